The van der Waals surface area contributed by atoms with E-state index in [9.17, 15) is 0 Å². The molecule has 1 aromatic heterocycles. The van der Waals surface area contributed by atoms with Crippen LogP contribution in [0.5, 0.6) is 11.5 Å². The van der Waals surface area contributed by atoms with Crippen LogP contribution in [-0.4, -0.2) is 47.8 Å². The van der Waals surface area contributed by atoms with E-state index in [0.29, 0.717) is 19.8 Å². The van der Waals surface area contributed by atoms with Gasteiger partial charge in [0.25, 0.3) is 0 Å². The van der Waals surface area contributed by atoms with Crippen LogP contribution >= 0.6 is 0 Å². The van der Waals surface area contributed by atoms with Gasteiger partial charge in [0.2, 0.25) is 0 Å². The fraction of sp³-hybridized carbons (Fsp3) is 0.444. The molecule has 0 N–H and O–H groups in total. The summed E-state index contributed by atoms with van der Waals surface area (Å²) in [7, 11) is 0. The van der Waals surface area contributed by atoms with Gasteiger partial charge in [0.1, 0.15) is 25.1 Å². The Labute approximate surface area is 141 Å². The van der Waals surface area contributed by atoms with E-state index < -0.39 is 0 Å². The summed E-state index contributed by atoms with van der Waals surface area (Å²) in [5.74, 6) is 2.45. The van der Waals surface area contributed by atoms with Crippen LogP contribution in [0, 0.1) is 6.92 Å². The Hall–Kier alpha value is -2.18. The van der Waals surface area contributed by atoms with Gasteiger partial charge < -0.3 is 14.2 Å². The molecule has 24 heavy (non-hydrogen) atoms. The van der Waals surface area contributed by atoms with Gasteiger partial charge >= 0.3 is 0 Å². The molecule has 0 amide bonds. The molecule has 1 saturated heterocycles. The van der Waals surface area contributed by atoms with Crippen molar-refractivity contribution in [1.82, 2.24) is 14.9 Å². The molecule has 4 rings (SSSR count). The zero-order valence-corrected chi connectivity index (χ0v) is 13.8. The van der Waals surface area contributed by atoms with Gasteiger partial charge in [0, 0.05) is 25.8 Å². The van der Waals surface area contributed by atoms with Crippen LogP contribution in [0.25, 0.3) is 0 Å². The van der Waals surface area contributed by atoms with Gasteiger partial charge in [-0.2, -0.15) is 0 Å². The number of rotatable bonds is 3. The highest BCUT2D eigenvalue weighted by molar-refractivity contribution is 5.43. The Morgan fingerprint density at radius 2 is 2.00 bits per heavy atom. The summed E-state index contributed by atoms with van der Waals surface area (Å²) in [5, 5.41) is 0. The van der Waals surface area contributed by atoms with Gasteiger partial charge in [0.05, 0.1) is 12.3 Å². The number of hydrogen-bond acceptors (Lipinski definition) is 6. The third-order valence-corrected chi connectivity index (χ3v) is 4.29. The third kappa shape index (κ3) is 3.34. The first kappa shape index (κ1) is 15.4. The highest BCUT2D eigenvalue weighted by atomic mass is 16.6. The second kappa shape index (κ2) is 6.75. The predicted octanol–water partition coefficient (Wildman–Crippen LogP) is 2.13. The molecule has 2 aromatic rings. The average molecular weight is 327 g/mol. The fourth-order valence-corrected chi connectivity index (χ4v) is 3.12. The molecular weight excluding hydrogens is 306 g/mol. The molecule has 0 radical (unpaired) electrons. The molecule has 0 saturated carbocycles. The maximum atomic E-state index is 5.90. The lowest BCUT2D eigenvalue weighted by Gasteiger charge is -2.32. The third-order valence-electron chi connectivity index (χ3n) is 4.29. The zero-order valence-electron chi connectivity index (χ0n) is 13.8. The summed E-state index contributed by atoms with van der Waals surface area (Å²) in [6.07, 6.45) is 1.79. The van der Waals surface area contributed by atoms with Crippen molar-refractivity contribution in [3.63, 3.8) is 0 Å². The Balaban J connectivity index is 1.45. The van der Waals surface area contributed by atoms with Gasteiger partial charge in [-0.1, -0.05) is 6.07 Å². The Morgan fingerprint density at radius 3 is 2.88 bits per heavy atom. The predicted molar refractivity (Wildman–Crippen MR) is 88.2 cm³/mol. The van der Waals surface area contributed by atoms with E-state index in [-0.39, 0.29) is 6.10 Å². The van der Waals surface area contributed by atoms with Gasteiger partial charge in [-0.05, 0) is 30.7 Å². The topological polar surface area (TPSA) is 56.7 Å². The normalized spacial score (nSPS) is 20.8. The smallest absolute Gasteiger partial charge is 0.161 e. The van der Waals surface area contributed by atoms with Gasteiger partial charge in [0.15, 0.2) is 11.5 Å². The van der Waals surface area contributed by atoms with E-state index in [0.717, 1.165) is 42.7 Å². The molecular formula is C18H21N3O3. The monoisotopic (exact) mass is 327 g/mol. The lowest BCUT2D eigenvalue weighted by atomic mass is 10.1. The van der Waals surface area contributed by atoms with Gasteiger partial charge in [-0.15, -0.1) is 0 Å². The summed E-state index contributed by atoms with van der Waals surface area (Å²) in [6, 6.07) is 8.11. The molecule has 0 bridgehead atoms. The summed E-state index contributed by atoms with van der Waals surface area (Å²) in [5.41, 5.74) is 2.17. The first-order valence-electron chi connectivity index (χ1n) is 8.30. The summed E-state index contributed by atoms with van der Waals surface area (Å²) in [6.45, 7) is 6.44. The summed E-state index contributed by atoms with van der Waals surface area (Å²) in [4.78, 5) is 11.0. The number of nitrogens with zero attached hydrogens (tertiary/aromatic N) is 3. The van der Waals surface area contributed by atoms with E-state index in [2.05, 4.69) is 27.0 Å². The number of hydrogen-bond donors (Lipinski definition) is 0. The molecule has 1 aromatic carbocycles. The second-order valence-electron chi connectivity index (χ2n) is 6.10. The zero-order chi connectivity index (χ0) is 16.4. The number of fused-ring (bicyclic) bond motifs is 1. The Bertz CT molecular complexity index is 722. The number of benzene rings is 1. The fourth-order valence-electron chi connectivity index (χ4n) is 3.12. The molecule has 6 heteroatoms. The molecule has 0 aliphatic carbocycles. The Morgan fingerprint density at radius 1 is 1.12 bits per heavy atom. The van der Waals surface area contributed by atoms with Crippen molar-refractivity contribution in [3.8, 4) is 11.5 Å². The maximum Gasteiger partial charge on any atom is 0.161 e. The van der Waals surface area contributed by atoms with Crippen LogP contribution in [0.2, 0.25) is 0 Å². The highest BCUT2D eigenvalue weighted by Crippen LogP contribution is 2.31. The Kier molecular flexibility index (Phi) is 4.32. The van der Waals surface area contributed by atoms with E-state index in [1.807, 2.05) is 19.1 Å². The largest absolute Gasteiger partial charge is 0.486 e. The van der Waals surface area contributed by atoms with Crippen molar-refractivity contribution in [2.75, 3.05) is 32.9 Å². The number of ether oxygens (including phenoxy) is 3. The van der Waals surface area contributed by atoms with Crippen LogP contribution in [-0.2, 0) is 11.3 Å². The van der Waals surface area contributed by atoms with Crippen LogP contribution < -0.4 is 9.47 Å². The van der Waals surface area contributed by atoms with Crippen LogP contribution in [0.3, 0.4) is 0 Å². The minimum atomic E-state index is -0.00217. The van der Waals surface area contributed by atoms with E-state index >= 15 is 0 Å². The van der Waals surface area contributed by atoms with E-state index in [1.54, 1.807) is 6.20 Å². The van der Waals surface area contributed by atoms with Gasteiger partial charge in [-0.25, -0.2) is 9.97 Å². The van der Waals surface area contributed by atoms with E-state index in [4.69, 9.17) is 14.2 Å². The number of aryl methyl sites for hydroxylation is 1. The van der Waals surface area contributed by atoms with Crippen LogP contribution in [0.4, 0.5) is 0 Å². The number of morpholine rings is 1. The van der Waals surface area contributed by atoms with Crippen molar-refractivity contribution >= 4 is 0 Å². The minimum Gasteiger partial charge on any atom is -0.486 e. The first-order valence-corrected chi connectivity index (χ1v) is 8.30. The van der Waals surface area contributed by atoms with Crippen molar-refractivity contribution in [2.24, 2.45) is 0 Å². The standard InChI is InChI=1S/C18H21N3O3/c1-13-19-5-4-15(20-13)18-12-21(6-7-22-18)11-14-2-3-16-17(10-14)24-9-8-23-16/h2-5,10,18H,6-9,11-12H2,1H3/t18-/m1/s1. The molecule has 0 spiro atoms. The molecule has 2 aliphatic rings. The quantitative estimate of drug-likeness (QED) is 0.861. The number of aromatic nitrogens is 2. The van der Waals surface area contributed by atoms with Crippen LogP contribution in [0.1, 0.15) is 23.2 Å². The molecule has 3 heterocycles. The van der Waals surface area contributed by atoms with Crippen molar-refractivity contribution in [2.45, 2.75) is 19.6 Å². The lowest BCUT2D eigenvalue weighted by molar-refractivity contribution is -0.0351. The maximum absolute atomic E-state index is 5.90. The molecule has 0 unspecified atom stereocenters. The van der Waals surface area contributed by atoms with Crippen molar-refractivity contribution in [1.29, 1.82) is 0 Å². The SMILES string of the molecule is Cc1nccc([C@H]2CN(Cc3ccc4c(c3)OCCO4)CCO2)n1. The van der Waals surface area contributed by atoms with Crippen LogP contribution in [0.15, 0.2) is 30.5 Å². The van der Waals surface area contributed by atoms with Crippen molar-refractivity contribution < 1.29 is 14.2 Å². The highest BCUT2D eigenvalue weighted by Gasteiger charge is 2.23. The first-order chi connectivity index (χ1) is 11.8. The molecule has 2 aliphatic heterocycles. The summed E-state index contributed by atoms with van der Waals surface area (Å²) < 4.78 is 17.2. The lowest BCUT2D eigenvalue weighted by Crippen LogP contribution is -2.38. The van der Waals surface area contributed by atoms with Crippen molar-refractivity contribution in [3.05, 3.63) is 47.5 Å². The van der Waals surface area contributed by atoms with E-state index in [1.165, 1.54) is 5.56 Å². The average Bonchev–Trinajstić information content (AvgIpc) is 2.62. The van der Waals surface area contributed by atoms with Gasteiger partial charge in [-0.3, -0.25) is 4.90 Å². The molecule has 1 atom stereocenters. The summed E-state index contributed by atoms with van der Waals surface area (Å²) >= 11 is 0. The molecule has 1 fully saturated rings. The molecule has 6 nitrogen and oxygen atoms in total. The minimum absolute atomic E-state index is 0.00217. The second-order valence-corrected chi connectivity index (χ2v) is 6.10. The molecule has 126 valence electrons.